The molecule has 1 N–H and O–H groups in total. The van der Waals surface area contributed by atoms with Crippen LogP contribution in [0, 0.1) is 0 Å². The standard InChI is InChI=1S/C4H6FNO4S/c5-2-1-3(4(7)8)6-11(9)10/h3H,1-2H2,(H,7,8). The second-order valence-corrected chi connectivity index (χ2v) is 2.30. The third-order valence-corrected chi connectivity index (χ3v) is 1.31. The fourth-order valence-electron chi connectivity index (χ4n) is 0.429. The van der Waals surface area contributed by atoms with Crippen molar-refractivity contribution in [2.75, 3.05) is 6.67 Å². The van der Waals surface area contributed by atoms with E-state index in [1.807, 2.05) is 0 Å². The molecule has 0 bridgehead atoms. The van der Waals surface area contributed by atoms with Gasteiger partial charge in [0, 0.05) is 6.42 Å². The maximum Gasteiger partial charge on any atom is 0.329 e. The molecule has 0 radical (unpaired) electrons. The van der Waals surface area contributed by atoms with Crippen LogP contribution < -0.4 is 0 Å². The number of rotatable bonds is 4. The molecule has 0 heterocycles. The molecule has 0 saturated heterocycles. The Morgan fingerprint density at radius 2 is 2.18 bits per heavy atom. The van der Waals surface area contributed by atoms with Crippen LogP contribution in [0.3, 0.4) is 0 Å². The molecule has 0 amide bonds. The average Bonchev–Trinajstić information content (AvgIpc) is 1.86. The first-order chi connectivity index (χ1) is 5.07. The van der Waals surface area contributed by atoms with Crippen LogP contribution in [0.5, 0.6) is 0 Å². The van der Waals surface area contributed by atoms with E-state index in [2.05, 4.69) is 4.36 Å². The molecular formula is C4H6FNO4S. The quantitative estimate of drug-likeness (QED) is 0.657. The second-order valence-electron chi connectivity index (χ2n) is 1.65. The van der Waals surface area contributed by atoms with Gasteiger partial charge in [0.1, 0.15) is 0 Å². The fraction of sp³-hybridized carbons (Fsp3) is 0.750. The van der Waals surface area contributed by atoms with Gasteiger partial charge >= 0.3 is 16.5 Å². The Labute approximate surface area is 63.5 Å². The number of nitrogens with zero attached hydrogens (tertiary/aromatic N) is 1. The maximum absolute atomic E-state index is 11.5. The summed E-state index contributed by atoms with van der Waals surface area (Å²) in [5.74, 6) is -1.44. The van der Waals surface area contributed by atoms with E-state index in [-0.39, 0.29) is 0 Å². The number of carboxylic acid groups (broad SMARTS) is 1. The summed E-state index contributed by atoms with van der Waals surface area (Å²) < 4.78 is 33.9. The normalized spacial score (nSPS) is 12.1. The van der Waals surface area contributed by atoms with Gasteiger partial charge in [-0.15, -0.1) is 0 Å². The van der Waals surface area contributed by atoms with Crippen LogP contribution in [0.2, 0.25) is 0 Å². The molecule has 0 aliphatic heterocycles. The Bertz CT molecular complexity index is 251. The minimum Gasteiger partial charge on any atom is -0.480 e. The van der Waals surface area contributed by atoms with Crippen LogP contribution in [-0.2, 0) is 15.3 Å². The van der Waals surface area contributed by atoms with Gasteiger partial charge in [-0.3, -0.25) is 4.39 Å². The van der Waals surface area contributed by atoms with Gasteiger partial charge in [0.2, 0.25) is 0 Å². The molecule has 0 aromatic carbocycles. The number of hydrogen-bond acceptors (Lipinski definition) is 4. The number of aliphatic carboxylic acids is 1. The van der Waals surface area contributed by atoms with E-state index in [0.29, 0.717) is 0 Å². The number of hydrogen-bond donors (Lipinski definition) is 1. The maximum atomic E-state index is 11.5. The molecule has 7 heteroatoms. The lowest BCUT2D eigenvalue weighted by atomic mass is 10.2. The van der Waals surface area contributed by atoms with Crippen molar-refractivity contribution in [2.45, 2.75) is 12.5 Å². The summed E-state index contributed by atoms with van der Waals surface area (Å²) in [4.78, 5) is 10.1. The zero-order valence-corrected chi connectivity index (χ0v) is 6.21. The van der Waals surface area contributed by atoms with Gasteiger partial charge in [0.25, 0.3) is 0 Å². The van der Waals surface area contributed by atoms with Gasteiger partial charge in [-0.25, -0.2) is 4.79 Å². The van der Waals surface area contributed by atoms with Crippen LogP contribution >= 0.6 is 0 Å². The highest BCUT2D eigenvalue weighted by Crippen LogP contribution is 1.97. The van der Waals surface area contributed by atoms with Crippen molar-refractivity contribution >= 4 is 16.5 Å². The minimum absolute atomic E-state index is 0.413. The molecule has 5 nitrogen and oxygen atoms in total. The van der Waals surface area contributed by atoms with Crippen molar-refractivity contribution in [3.8, 4) is 0 Å². The predicted molar refractivity (Wildman–Crippen MR) is 33.4 cm³/mol. The Morgan fingerprint density at radius 1 is 1.64 bits per heavy atom. The molecule has 0 rings (SSSR count). The molecule has 0 aromatic rings. The highest BCUT2D eigenvalue weighted by Gasteiger charge is 2.15. The van der Waals surface area contributed by atoms with E-state index in [0.717, 1.165) is 0 Å². The summed E-state index contributed by atoms with van der Waals surface area (Å²) in [5.41, 5.74) is 0. The first-order valence-corrected chi connectivity index (χ1v) is 3.70. The summed E-state index contributed by atoms with van der Waals surface area (Å²) >= 11 is 0. The van der Waals surface area contributed by atoms with Crippen LogP contribution in [0.25, 0.3) is 0 Å². The van der Waals surface area contributed by atoms with Crippen molar-refractivity contribution in [2.24, 2.45) is 4.36 Å². The lowest BCUT2D eigenvalue weighted by Gasteiger charge is -1.98. The van der Waals surface area contributed by atoms with E-state index >= 15 is 0 Å². The molecule has 0 aliphatic carbocycles. The molecule has 1 unspecified atom stereocenters. The Balaban J connectivity index is 4.35. The number of carbonyl (C=O) groups is 1. The zero-order chi connectivity index (χ0) is 8.85. The van der Waals surface area contributed by atoms with Gasteiger partial charge in [-0.05, 0) is 0 Å². The Kier molecular flexibility index (Phi) is 4.35. The van der Waals surface area contributed by atoms with E-state index in [1.165, 1.54) is 0 Å². The molecule has 0 saturated carbocycles. The summed E-state index contributed by atoms with van der Waals surface area (Å²) in [6.07, 6.45) is -0.413. The zero-order valence-electron chi connectivity index (χ0n) is 5.40. The number of carboxylic acids is 1. The predicted octanol–water partition coefficient (Wildman–Crippen LogP) is -0.138. The van der Waals surface area contributed by atoms with Crippen LogP contribution in [0.15, 0.2) is 4.36 Å². The van der Waals surface area contributed by atoms with Gasteiger partial charge in [-0.1, -0.05) is 0 Å². The molecule has 1 atom stereocenters. The van der Waals surface area contributed by atoms with Gasteiger partial charge in [-0.2, -0.15) is 12.8 Å². The summed E-state index contributed by atoms with van der Waals surface area (Å²) in [6, 6.07) is -1.49. The first kappa shape index (κ1) is 10.0. The fourth-order valence-corrected chi connectivity index (χ4v) is 0.832. The van der Waals surface area contributed by atoms with Crippen molar-refractivity contribution in [3.63, 3.8) is 0 Å². The largest absolute Gasteiger partial charge is 0.480 e. The lowest BCUT2D eigenvalue weighted by molar-refractivity contribution is -0.138. The van der Waals surface area contributed by atoms with E-state index < -0.39 is 35.6 Å². The van der Waals surface area contributed by atoms with E-state index in [1.54, 1.807) is 0 Å². The van der Waals surface area contributed by atoms with Crippen molar-refractivity contribution in [3.05, 3.63) is 0 Å². The smallest absolute Gasteiger partial charge is 0.329 e. The third-order valence-electron chi connectivity index (χ3n) is 0.881. The third kappa shape index (κ3) is 4.43. The van der Waals surface area contributed by atoms with E-state index in [9.17, 15) is 17.6 Å². The summed E-state index contributed by atoms with van der Waals surface area (Å²) in [7, 11) is -2.79. The average molecular weight is 183 g/mol. The summed E-state index contributed by atoms with van der Waals surface area (Å²) in [5, 5.41) is 8.22. The Hall–Kier alpha value is -0.980. The SMILES string of the molecule is O=C(O)C(CCF)N=S(=O)=O. The van der Waals surface area contributed by atoms with Gasteiger partial charge < -0.3 is 5.11 Å². The molecule has 11 heavy (non-hydrogen) atoms. The van der Waals surface area contributed by atoms with Gasteiger partial charge in [0.15, 0.2) is 6.04 Å². The second kappa shape index (κ2) is 4.78. The molecule has 0 fully saturated rings. The van der Waals surface area contributed by atoms with Crippen molar-refractivity contribution in [1.82, 2.24) is 0 Å². The van der Waals surface area contributed by atoms with Crippen LogP contribution in [-0.4, -0.2) is 32.2 Å². The van der Waals surface area contributed by atoms with E-state index in [4.69, 9.17) is 5.11 Å². The lowest BCUT2D eigenvalue weighted by Crippen LogP contribution is -2.17. The topological polar surface area (TPSA) is 83.8 Å². The molecule has 0 aromatic heterocycles. The molecule has 0 aliphatic rings. The number of halogens is 1. The van der Waals surface area contributed by atoms with Crippen LogP contribution in [0.4, 0.5) is 4.39 Å². The van der Waals surface area contributed by atoms with Gasteiger partial charge in [0.05, 0.1) is 6.67 Å². The minimum atomic E-state index is -2.79. The monoisotopic (exact) mass is 183 g/mol. The van der Waals surface area contributed by atoms with Crippen LogP contribution in [0.1, 0.15) is 6.42 Å². The molecular weight excluding hydrogens is 177 g/mol. The van der Waals surface area contributed by atoms with Crippen molar-refractivity contribution < 1.29 is 22.7 Å². The Morgan fingerprint density at radius 3 is 2.45 bits per heavy atom. The molecule has 64 valence electrons. The molecule has 0 spiro atoms. The van der Waals surface area contributed by atoms with Crippen molar-refractivity contribution in [1.29, 1.82) is 0 Å². The highest BCUT2D eigenvalue weighted by atomic mass is 32.2. The first-order valence-electron chi connectivity index (χ1n) is 2.67. The summed E-state index contributed by atoms with van der Waals surface area (Å²) in [6.45, 7) is -0.905. The highest BCUT2D eigenvalue weighted by molar-refractivity contribution is 7.61. The number of alkyl halides is 1.